The third-order valence-corrected chi connectivity index (χ3v) is 5.94. The minimum Gasteiger partial charge on any atom is -0.463 e. The van der Waals surface area contributed by atoms with Gasteiger partial charge in [-0.2, -0.15) is 0 Å². The molecule has 12 heteroatoms. The maximum absolute atomic E-state index is 12.6. The van der Waals surface area contributed by atoms with E-state index in [1.165, 1.54) is 16.8 Å². The molecule has 0 amide bonds. The summed E-state index contributed by atoms with van der Waals surface area (Å²) < 4.78 is 40.7. The van der Waals surface area contributed by atoms with Crippen LogP contribution in [-0.2, 0) is 32.4 Å². The van der Waals surface area contributed by atoms with Gasteiger partial charge in [0.15, 0.2) is 0 Å². The number of hydrogen-bond acceptors (Lipinski definition) is 9. The van der Waals surface area contributed by atoms with Gasteiger partial charge in [-0.1, -0.05) is 0 Å². The first kappa shape index (κ1) is 21.9. The SMILES string of the molecule is CC(C)OC(=O)CCCOP1(=O)OC[C@H]2C[C@H](n3ccc(=O)[nH]c3=O)O[C@@H]2CO1. The lowest BCUT2D eigenvalue weighted by Gasteiger charge is -2.18. The maximum atomic E-state index is 12.6. The molecule has 1 aromatic rings. The van der Waals surface area contributed by atoms with Gasteiger partial charge in [0.1, 0.15) is 6.23 Å². The van der Waals surface area contributed by atoms with Crippen LogP contribution in [-0.4, -0.2) is 47.5 Å². The van der Waals surface area contributed by atoms with Gasteiger partial charge in [-0.25, -0.2) is 9.36 Å². The topological polar surface area (TPSA) is 135 Å². The number of nitrogens with zero attached hydrogens (tertiary/aromatic N) is 1. The molecule has 1 unspecified atom stereocenters. The van der Waals surface area contributed by atoms with Gasteiger partial charge in [0.2, 0.25) is 0 Å². The van der Waals surface area contributed by atoms with Crippen LogP contribution < -0.4 is 11.2 Å². The molecule has 0 radical (unpaired) electrons. The summed E-state index contributed by atoms with van der Waals surface area (Å²) in [5.74, 6) is -0.504. The van der Waals surface area contributed by atoms with Crippen LogP contribution in [0.25, 0.3) is 0 Å². The predicted molar refractivity (Wildman–Crippen MR) is 99.3 cm³/mol. The van der Waals surface area contributed by atoms with E-state index in [-0.39, 0.29) is 44.2 Å². The van der Waals surface area contributed by atoms with Crippen molar-refractivity contribution in [2.75, 3.05) is 19.8 Å². The number of aromatic nitrogens is 2. The van der Waals surface area contributed by atoms with Crippen molar-refractivity contribution < 1.29 is 32.4 Å². The Balaban J connectivity index is 1.48. The molecule has 0 saturated carbocycles. The smallest absolute Gasteiger partial charge is 0.463 e. The van der Waals surface area contributed by atoms with E-state index in [0.29, 0.717) is 12.8 Å². The van der Waals surface area contributed by atoms with Crippen LogP contribution in [0.2, 0.25) is 0 Å². The molecular formula is C17H25N2O9P. The molecule has 162 valence electrons. The minimum atomic E-state index is -3.75. The third kappa shape index (κ3) is 5.86. The van der Waals surface area contributed by atoms with Gasteiger partial charge in [0.05, 0.1) is 32.0 Å². The molecule has 2 saturated heterocycles. The van der Waals surface area contributed by atoms with Gasteiger partial charge in [-0.3, -0.25) is 32.7 Å². The fraction of sp³-hybridized carbons (Fsp3) is 0.706. The number of rotatable bonds is 7. The van der Waals surface area contributed by atoms with Crippen LogP contribution in [0, 0.1) is 5.92 Å². The Hall–Kier alpha value is -1.78. The predicted octanol–water partition coefficient (Wildman–Crippen LogP) is 1.34. The lowest BCUT2D eigenvalue weighted by Crippen LogP contribution is -2.31. The number of phosphoric ester groups is 1. The van der Waals surface area contributed by atoms with Crippen molar-refractivity contribution in [2.45, 2.75) is 51.5 Å². The second-order valence-electron chi connectivity index (χ2n) is 7.16. The highest BCUT2D eigenvalue weighted by Crippen LogP contribution is 2.53. The van der Waals surface area contributed by atoms with Gasteiger partial charge < -0.3 is 9.47 Å². The average molecular weight is 432 g/mol. The lowest BCUT2D eigenvalue weighted by molar-refractivity contribution is -0.147. The fourth-order valence-electron chi connectivity index (χ4n) is 3.14. The van der Waals surface area contributed by atoms with Crippen molar-refractivity contribution >= 4 is 13.8 Å². The second-order valence-corrected chi connectivity index (χ2v) is 8.83. The molecule has 1 N–H and O–H groups in total. The first-order chi connectivity index (χ1) is 13.8. The number of aromatic amines is 1. The van der Waals surface area contributed by atoms with E-state index in [1.54, 1.807) is 13.8 Å². The molecule has 0 aliphatic carbocycles. The Morgan fingerprint density at radius 2 is 2.10 bits per heavy atom. The maximum Gasteiger partial charge on any atom is 0.474 e. The van der Waals surface area contributed by atoms with Crippen LogP contribution in [0.5, 0.6) is 0 Å². The monoisotopic (exact) mass is 432 g/mol. The van der Waals surface area contributed by atoms with E-state index in [9.17, 15) is 18.9 Å². The minimum absolute atomic E-state index is 0.0219. The second kappa shape index (κ2) is 9.36. The van der Waals surface area contributed by atoms with E-state index in [2.05, 4.69) is 4.98 Å². The molecule has 0 bridgehead atoms. The molecule has 4 atom stereocenters. The Kier molecular flexibility index (Phi) is 7.07. The average Bonchev–Trinajstić information content (AvgIpc) is 2.98. The summed E-state index contributed by atoms with van der Waals surface area (Å²) in [4.78, 5) is 36.8. The van der Waals surface area contributed by atoms with E-state index < -0.39 is 31.4 Å². The Bertz CT molecular complexity index is 860. The molecule has 2 aliphatic rings. The van der Waals surface area contributed by atoms with E-state index in [1.807, 2.05) is 0 Å². The molecule has 3 heterocycles. The highest BCUT2D eigenvalue weighted by molar-refractivity contribution is 7.48. The number of carbonyl (C=O) groups is 1. The van der Waals surface area contributed by atoms with Crippen LogP contribution in [0.1, 0.15) is 39.3 Å². The van der Waals surface area contributed by atoms with Crippen molar-refractivity contribution in [3.63, 3.8) is 0 Å². The highest BCUT2D eigenvalue weighted by atomic mass is 31.2. The van der Waals surface area contributed by atoms with Crippen LogP contribution in [0.3, 0.4) is 0 Å². The standard InChI is InChI=1S/C17H25N2O9P/c1-11(2)27-16(21)4-3-7-24-29(23)25-9-12-8-15(28-13(12)10-26-29)19-6-5-14(20)18-17(19)22/h5-6,11-13,15H,3-4,7-10H2,1-2H3,(H,18,20,22)/t12-,13-,15-,29?/m1/s1. The lowest BCUT2D eigenvalue weighted by atomic mass is 10.0. The zero-order valence-electron chi connectivity index (χ0n) is 16.3. The number of esters is 1. The Morgan fingerprint density at radius 3 is 2.83 bits per heavy atom. The van der Waals surface area contributed by atoms with Gasteiger partial charge in [-0.15, -0.1) is 0 Å². The summed E-state index contributed by atoms with van der Waals surface area (Å²) in [5, 5.41) is 0. The number of hydrogen-bond donors (Lipinski definition) is 1. The van der Waals surface area contributed by atoms with E-state index >= 15 is 0 Å². The van der Waals surface area contributed by atoms with Crippen molar-refractivity contribution in [2.24, 2.45) is 5.92 Å². The molecule has 3 rings (SSSR count). The quantitative estimate of drug-likeness (QED) is 0.385. The molecule has 1 aromatic heterocycles. The fourth-order valence-corrected chi connectivity index (χ4v) is 4.42. The number of phosphoric acid groups is 1. The largest absolute Gasteiger partial charge is 0.474 e. The number of nitrogens with one attached hydrogen (secondary N) is 1. The molecule has 11 nitrogen and oxygen atoms in total. The molecule has 2 fully saturated rings. The van der Waals surface area contributed by atoms with E-state index in [4.69, 9.17) is 23.0 Å². The summed E-state index contributed by atoms with van der Waals surface area (Å²) in [6.45, 7) is 3.60. The number of ether oxygens (including phenoxy) is 2. The zero-order chi connectivity index (χ0) is 21.0. The number of fused-ring (bicyclic) bond motifs is 1. The summed E-state index contributed by atoms with van der Waals surface area (Å²) in [6, 6.07) is 1.24. The Labute approximate surface area is 166 Å². The van der Waals surface area contributed by atoms with Gasteiger partial charge >= 0.3 is 19.5 Å². The van der Waals surface area contributed by atoms with Crippen molar-refractivity contribution in [3.05, 3.63) is 33.1 Å². The van der Waals surface area contributed by atoms with Crippen LogP contribution in [0.15, 0.2) is 21.9 Å². The summed E-state index contributed by atoms with van der Waals surface area (Å²) in [7, 11) is -3.75. The van der Waals surface area contributed by atoms with Crippen LogP contribution >= 0.6 is 7.82 Å². The van der Waals surface area contributed by atoms with Crippen molar-refractivity contribution in [1.82, 2.24) is 9.55 Å². The highest BCUT2D eigenvalue weighted by Gasteiger charge is 2.43. The summed E-state index contributed by atoms with van der Waals surface area (Å²) in [6.07, 6.45) is 1.07. The van der Waals surface area contributed by atoms with E-state index in [0.717, 1.165) is 0 Å². The van der Waals surface area contributed by atoms with Crippen LogP contribution in [0.4, 0.5) is 0 Å². The molecule has 0 aromatic carbocycles. The molecule has 29 heavy (non-hydrogen) atoms. The first-order valence-corrected chi connectivity index (χ1v) is 10.9. The first-order valence-electron chi connectivity index (χ1n) is 9.46. The zero-order valence-corrected chi connectivity index (χ0v) is 17.2. The molecule has 0 spiro atoms. The summed E-state index contributed by atoms with van der Waals surface area (Å²) in [5.41, 5.74) is -1.05. The number of carbonyl (C=O) groups excluding carboxylic acids is 1. The Morgan fingerprint density at radius 1 is 1.34 bits per heavy atom. The van der Waals surface area contributed by atoms with Crippen molar-refractivity contribution in [1.29, 1.82) is 0 Å². The van der Waals surface area contributed by atoms with Gasteiger partial charge in [0.25, 0.3) is 5.56 Å². The third-order valence-electron chi connectivity index (χ3n) is 4.51. The number of H-pyrrole nitrogens is 1. The molecular weight excluding hydrogens is 407 g/mol. The van der Waals surface area contributed by atoms with Crippen molar-refractivity contribution in [3.8, 4) is 0 Å². The summed E-state index contributed by atoms with van der Waals surface area (Å²) >= 11 is 0. The van der Waals surface area contributed by atoms with Gasteiger partial charge in [0, 0.05) is 31.0 Å². The molecule has 2 aliphatic heterocycles. The normalized spacial score (nSPS) is 29.4. The van der Waals surface area contributed by atoms with Gasteiger partial charge in [-0.05, 0) is 20.3 Å².